The van der Waals surface area contributed by atoms with Gasteiger partial charge in [0, 0.05) is 13.2 Å². The van der Waals surface area contributed by atoms with E-state index in [1.54, 1.807) is 12.3 Å². The van der Waals surface area contributed by atoms with Crippen molar-refractivity contribution in [1.29, 1.82) is 0 Å². The maximum absolute atomic E-state index is 11.9. The molecule has 9 heteroatoms. The number of aromatic nitrogens is 4. The van der Waals surface area contributed by atoms with Crippen molar-refractivity contribution in [2.24, 2.45) is 7.05 Å². The Bertz CT molecular complexity index is 584. The largest absolute Gasteiger partial charge is 0.281 e. The maximum Gasteiger partial charge on any atom is 0.259 e. The van der Waals surface area contributed by atoms with Crippen molar-refractivity contribution >= 4 is 21.6 Å². The molecule has 0 atom stereocenters. The summed E-state index contributed by atoms with van der Waals surface area (Å²) < 4.78 is 27.5. The Morgan fingerprint density at radius 2 is 2.35 bits per heavy atom. The third kappa shape index (κ3) is 2.48. The number of sulfonamides is 1. The summed E-state index contributed by atoms with van der Waals surface area (Å²) in [4.78, 5) is 0. The van der Waals surface area contributed by atoms with Crippen LogP contribution < -0.4 is 4.72 Å². The molecular formula is C8H10ClN5O2S. The van der Waals surface area contributed by atoms with Crippen LogP contribution in [0.3, 0.4) is 0 Å². The highest BCUT2D eigenvalue weighted by Gasteiger charge is 2.22. The van der Waals surface area contributed by atoms with Crippen LogP contribution in [0.25, 0.3) is 0 Å². The van der Waals surface area contributed by atoms with Crippen LogP contribution in [0.2, 0.25) is 5.02 Å². The molecule has 0 aromatic carbocycles. The Morgan fingerprint density at radius 1 is 1.59 bits per heavy atom. The number of hydrogen-bond donors (Lipinski definition) is 2. The first-order valence-electron chi connectivity index (χ1n) is 4.66. The molecule has 0 bridgehead atoms. The molecule has 2 aromatic rings. The minimum absolute atomic E-state index is 0.0568. The molecule has 0 unspecified atom stereocenters. The zero-order chi connectivity index (χ0) is 12.5. The average Bonchev–Trinajstić information content (AvgIpc) is 2.86. The second-order valence-electron chi connectivity index (χ2n) is 3.33. The lowest BCUT2D eigenvalue weighted by Crippen LogP contribution is -2.25. The van der Waals surface area contributed by atoms with Gasteiger partial charge in [0.2, 0.25) is 0 Å². The molecule has 0 aliphatic rings. The SMILES string of the molecule is Cn1ncc(Cl)c1S(=O)(=O)NCc1ccn[nH]1. The minimum atomic E-state index is -3.68. The first kappa shape index (κ1) is 12.1. The number of nitrogens with zero attached hydrogens (tertiary/aromatic N) is 3. The number of hydrogen-bond acceptors (Lipinski definition) is 4. The summed E-state index contributed by atoms with van der Waals surface area (Å²) in [7, 11) is -2.17. The van der Waals surface area contributed by atoms with E-state index in [-0.39, 0.29) is 16.6 Å². The molecule has 0 aliphatic heterocycles. The van der Waals surface area contributed by atoms with Crippen molar-refractivity contribution in [2.45, 2.75) is 11.6 Å². The first-order valence-corrected chi connectivity index (χ1v) is 6.52. The smallest absolute Gasteiger partial charge is 0.259 e. The molecule has 2 N–H and O–H groups in total. The standard InChI is InChI=1S/C8H10ClN5O2S/c1-14-8(7(9)5-11-14)17(15,16)12-4-6-2-3-10-13-6/h2-3,5,12H,4H2,1H3,(H,10,13). The fraction of sp³-hybridized carbons (Fsp3) is 0.250. The molecule has 0 fully saturated rings. The van der Waals surface area contributed by atoms with Gasteiger partial charge in [-0.15, -0.1) is 0 Å². The van der Waals surface area contributed by atoms with Crippen molar-refractivity contribution in [3.63, 3.8) is 0 Å². The quantitative estimate of drug-likeness (QED) is 0.838. The Labute approximate surface area is 103 Å². The molecule has 17 heavy (non-hydrogen) atoms. The minimum Gasteiger partial charge on any atom is -0.281 e. The van der Waals surface area contributed by atoms with Gasteiger partial charge in [0.1, 0.15) is 0 Å². The van der Waals surface area contributed by atoms with Crippen LogP contribution in [0.15, 0.2) is 23.5 Å². The Morgan fingerprint density at radius 3 is 2.88 bits per heavy atom. The third-order valence-corrected chi connectivity index (χ3v) is 4.01. The normalized spacial score (nSPS) is 11.9. The molecule has 7 nitrogen and oxygen atoms in total. The van der Waals surface area contributed by atoms with E-state index in [4.69, 9.17) is 11.6 Å². The zero-order valence-corrected chi connectivity index (χ0v) is 10.5. The summed E-state index contributed by atoms with van der Waals surface area (Å²) in [6, 6.07) is 1.67. The number of halogens is 1. The molecular weight excluding hydrogens is 266 g/mol. The summed E-state index contributed by atoms with van der Waals surface area (Å²) in [5.41, 5.74) is 0.659. The van der Waals surface area contributed by atoms with Crippen molar-refractivity contribution in [1.82, 2.24) is 24.7 Å². The van der Waals surface area contributed by atoms with Gasteiger partial charge in [0.25, 0.3) is 10.0 Å². The highest BCUT2D eigenvalue weighted by molar-refractivity contribution is 7.89. The lowest BCUT2D eigenvalue weighted by molar-refractivity contribution is 0.562. The second-order valence-corrected chi connectivity index (χ2v) is 5.42. The van der Waals surface area contributed by atoms with E-state index in [0.717, 1.165) is 0 Å². The molecule has 0 radical (unpaired) electrons. The van der Waals surface area contributed by atoms with Crippen molar-refractivity contribution in [3.8, 4) is 0 Å². The number of rotatable bonds is 4. The van der Waals surface area contributed by atoms with Gasteiger partial charge in [-0.3, -0.25) is 9.78 Å². The number of aromatic amines is 1. The van der Waals surface area contributed by atoms with Crippen LogP contribution in [0.1, 0.15) is 5.69 Å². The van der Waals surface area contributed by atoms with Gasteiger partial charge in [-0.05, 0) is 6.07 Å². The van der Waals surface area contributed by atoms with E-state index in [9.17, 15) is 8.42 Å². The fourth-order valence-corrected chi connectivity index (χ4v) is 2.98. The van der Waals surface area contributed by atoms with Crippen LogP contribution in [0.4, 0.5) is 0 Å². The van der Waals surface area contributed by atoms with Crippen LogP contribution in [0.5, 0.6) is 0 Å². The van der Waals surface area contributed by atoms with E-state index >= 15 is 0 Å². The monoisotopic (exact) mass is 275 g/mol. The van der Waals surface area contributed by atoms with E-state index in [2.05, 4.69) is 20.0 Å². The lowest BCUT2D eigenvalue weighted by Gasteiger charge is -2.06. The van der Waals surface area contributed by atoms with Gasteiger partial charge in [0.15, 0.2) is 5.03 Å². The summed E-state index contributed by atoms with van der Waals surface area (Å²) in [6.45, 7) is 0.115. The molecule has 92 valence electrons. The van der Waals surface area contributed by atoms with Gasteiger partial charge in [-0.1, -0.05) is 11.6 Å². The van der Waals surface area contributed by atoms with Gasteiger partial charge in [-0.25, -0.2) is 13.1 Å². The summed E-state index contributed by atoms with van der Waals surface area (Å²) >= 11 is 5.77. The zero-order valence-electron chi connectivity index (χ0n) is 8.88. The lowest BCUT2D eigenvalue weighted by atomic mass is 10.4. The number of H-pyrrole nitrogens is 1. The van der Waals surface area contributed by atoms with E-state index in [1.165, 1.54) is 17.9 Å². The maximum atomic E-state index is 11.9. The Kier molecular flexibility index (Phi) is 3.18. The summed E-state index contributed by atoms with van der Waals surface area (Å²) in [6.07, 6.45) is 2.83. The van der Waals surface area contributed by atoms with Crippen LogP contribution in [-0.2, 0) is 23.6 Å². The topological polar surface area (TPSA) is 92.7 Å². The van der Waals surface area contributed by atoms with E-state index < -0.39 is 10.0 Å². The van der Waals surface area contributed by atoms with Gasteiger partial charge < -0.3 is 0 Å². The summed E-state index contributed by atoms with van der Waals surface area (Å²) in [5, 5.41) is 10.2. The highest BCUT2D eigenvalue weighted by atomic mass is 35.5. The Balaban J connectivity index is 2.20. The van der Waals surface area contributed by atoms with Crippen LogP contribution in [-0.4, -0.2) is 28.4 Å². The predicted molar refractivity (Wildman–Crippen MR) is 60.8 cm³/mol. The number of aryl methyl sites for hydroxylation is 1. The van der Waals surface area contributed by atoms with Crippen molar-refractivity contribution < 1.29 is 8.42 Å². The molecule has 0 amide bonds. The second kappa shape index (κ2) is 4.47. The van der Waals surface area contributed by atoms with Gasteiger partial charge in [-0.2, -0.15) is 10.2 Å². The number of nitrogens with one attached hydrogen (secondary N) is 2. The molecule has 0 saturated carbocycles. The molecule has 2 rings (SSSR count). The molecule has 0 spiro atoms. The third-order valence-electron chi connectivity index (χ3n) is 2.11. The molecule has 0 saturated heterocycles. The molecule has 2 aromatic heterocycles. The fourth-order valence-electron chi connectivity index (χ4n) is 1.33. The molecule has 2 heterocycles. The first-order chi connectivity index (χ1) is 8.00. The van der Waals surface area contributed by atoms with Crippen molar-refractivity contribution in [3.05, 3.63) is 29.2 Å². The van der Waals surface area contributed by atoms with Crippen molar-refractivity contribution in [2.75, 3.05) is 0 Å². The van der Waals surface area contributed by atoms with Gasteiger partial charge >= 0.3 is 0 Å². The van der Waals surface area contributed by atoms with E-state index in [0.29, 0.717) is 5.69 Å². The van der Waals surface area contributed by atoms with E-state index in [1.807, 2.05) is 0 Å². The predicted octanol–water partition coefficient (Wildman–Crippen LogP) is 0.275. The average molecular weight is 276 g/mol. The Hall–Kier alpha value is -1.38. The molecule has 0 aliphatic carbocycles. The van der Waals surface area contributed by atoms with Gasteiger partial charge in [0.05, 0.1) is 23.5 Å². The highest BCUT2D eigenvalue weighted by Crippen LogP contribution is 2.19. The van der Waals surface area contributed by atoms with Crippen LogP contribution in [0, 0.1) is 0 Å². The van der Waals surface area contributed by atoms with Crippen LogP contribution >= 0.6 is 11.6 Å². The summed E-state index contributed by atoms with van der Waals surface area (Å²) in [5.74, 6) is 0.